The Morgan fingerprint density at radius 2 is 1.56 bits per heavy atom. The van der Waals surface area contributed by atoms with Crippen LogP contribution in [0, 0.1) is 0 Å². The molecule has 2 rings (SSSR count). The standard InChI is InChI=1S/C28H37Cl2F3N2O3S/c1-4-39(37,38)26-14-13-22(29)16-21(26)19-34-27(36)20-17-24(28(31,32)33)23(25(30)18-20)12-10-8-6-5-7-9-11-15-35(2)3/h13-14,16-18H,4-12,15,19H2,1-3H3,(H,34,36). The molecule has 1 N–H and O–H groups in total. The third kappa shape index (κ3) is 10.6. The van der Waals surface area contributed by atoms with E-state index in [-0.39, 0.29) is 50.3 Å². The Morgan fingerprint density at radius 1 is 0.949 bits per heavy atom. The highest BCUT2D eigenvalue weighted by Crippen LogP contribution is 2.37. The number of hydrogen-bond donors (Lipinski definition) is 1. The molecule has 218 valence electrons. The Balaban J connectivity index is 2.07. The molecule has 0 saturated carbocycles. The maximum atomic E-state index is 13.9. The number of carbonyl (C=O) groups is 1. The Hall–Kier alpha value is -1.81. The quantitative estimate of drug-likeness (QED) is 0.212. The van der Waals surface area contributed by atoms with Crippen molar-refractivity contribution in [1.29, 1.82) is 0 Å². The molecule has 5 nitrogen and oxygen atoms in total. The molecule has 0 heterocycles. The lowest BCUT2D eigenvalue weighted by Crippen LogP contribution is -2.25. The van der Waals surface area contributed by atoms with Crippen LogP contribution in [0.3, 0.4) is 0 Å². The highest BCUT2D eigenvalue weighted by molar-refractivity contribution is 7.91. The van der Waals surface area contributed by atoms with Crippen LogP contribution >= 0.6 is 23.2 Å². The van der Waals surface area contributed by atoms with Gasteiger partial charge in [0.2, 0.25) is 0 Å². The molecule has 0 aliphatic heterocycles. The number of alkyl halides is 3. The molecule has 0 aliphatic carbocycles. The third-order valence-corrected chi connectivity index (χ3v) is 8.87. The summed E-state index contributed by atoms with van der Waals surface area (Å²) in [5.41, 5.74) is -0.955. The van der Waals surface area contributed by atoms with E-state index in [1.54, 1.807) is 0 Å². The normalized spacial score (nSPS) is 12.2. The summed E-state index contributed by atoms with van der Waals surface area (Å²) < 4.78 is 66.5. The maximum Gasteiger partial charge on any atom is 0.416 e. The zero-order valence-electron chi connectivity index (χ0n) is 22.6. The summed E-state index contributed by atoms with van der Waals surface area (Å²) in [6, 6.07) is 6.22. The monoisotopic (exact) mass is 608 g/mol. The van der Waals surface area contributed by atoms with Gasteiger partial charge in [0.15, 0.2) is 9.84 Å². The van der Waals surface area contributed by atoms with Crippen LogP contribution in [-0.2, 0) is 29.0 Å². The molecule has 0 aromatic heterocycles. The second-order valence-electron chi connectivity index (χ2n) is 9.85. The van der Waals surface area contributed by atoms with Crippen LogP contribution in [-0.4, -0.2) is 45.6 Å². The van der Waals surface area contributed by atoms with Gasteiger partial charge in [0.05, 0.1) is 16.2 Å². The highest BCUT2D eigenvalue weighted by Gasteiger charge is 2.35. The van der Waals surface area contributed by atoms with Crippen LogP contribution < -0.4 is 5.32 Å². The summed E-state index contributed by atoms with van der Waals surface area (Å²) in [5, 5.41) is 2.65. The van der Waals surface area contributed by atoms with Crippen molar-refractivity contribution < 1.29 is 26.4 Å². The van der Waals surface area contributed by atoms with Gasteiger partial charge in [0.1, 0.15) is 0 Å². The van der Waals surface area contributed by atoms with E-state index in [1.165, 1.54) is 31.2 Å². The van der Waals surface area contributed by atoms with Gasteiger partial charge in [0, 0.05) is 22.2 Å². The zero-order valence-corrected chi connectivity index (χ0v) is 25.0. The van der Waals surface area contributed by atoms with Gasteiger partial charge in [-0.3, -0.25) is 4.79 Å². The van der Waals surface area contributed by atoms with Gasteiger partial charge in [-0.1, -0.05) is 62.2 Å². The molecular formula is C28H37Cl2F3N2O3S. The molecule has 0 saturated heterocycles. The van der Waals surface area contributed by atoms with Crippen LogP contribution in [0.15, 0.2) is 35.2 Å². The molecule has 2 aromatic carbocycles. The number of nitrogens with zero attached hydrogens (tertiary/aromatic N) is 1. The van der Waals surface area contributed by atoms with Crippen molar-refractivity contribution in [2.75, 3.05) is 26.4 Å². The number of rotatable bonds is 15. The van der Waals surface area contributed by atoms with Crippen molar-refractivity contribution in [3.8, 4) is 0 Å². The highest BCUT2D eigenvalue weighted by atomic mass is 35.5. The lowest BCUT2D eigenvalue weighted by atomic mass is 9.97. The van der Waals surface area contributed by atoms with E-state index in [0.29, 0.717) is 6.42 Å². The fraction of sp³-hybridized carbons (Fsp3) is 0.536. The van der Waals surface area contributed by atoms with Crippen molar-refractivity contribution in [3.63, 3.8) is 0 Å². The summed E-state index contributed by atoms with van der Waals surface area (Å²) >= 11 is 12.3. The first-order valence-electron chi connectivity index (χ1n) is 13.1. The number of nitrogens with one attached hydrogen (secondary N) is 1. The summed E-state index contributed by atoms with van der Waals surface area (Å²) in [7, 11) is 0.479. The van der Waals surface area contributed by atoms with E-state index in [1.807, 2.05) is 14.1 Å². The average molecular weight is 610 g/mol. The summed E-state index contributed by atoms with van der Waals surface area (Å²) in [6.07, 6.45) is 2.21. The predicted molar refractivity (Wildman–Crippen MR) is 151 cm³/mol. The third-order valence-electron chi connectivity index (χ3n) is 6.47. The molecule has 0 bridgehead atoms. The second-order valence-corrected chi connectivity index (χ2v) is 12.9. The van der Waals surface area contributed by atoms with Crippen molar-refractivity contribution in [1.82, 2.24) is 10.2 Å². The van der Waals surface area contributed by atoms with Crippen LogP contribution in [0.4, 0.5) is 13.2 Å². The van der Waals surface area contributed by atoms with E-state index in [9.17, 15) is 26.4 Å². The number of amides is 1. The topological polar surface area (TPSA) is 66.5 Å². The minimum Gasteiger partial charge on any atom is -0.348 e. The van der Waals surface area contributed by atoms with Crippen molar-refractivity contribution in [3.05, 3.63) is 62.6 Å². The van der Waals surface area contributed by atoms with E-state index < -0.39 is 27.5 Å². The van der Waals surface area contributed by atoms with Crippen molar-refractivity contribution in [2.24, 2.45) is 0 Å². The van der Waals surface area contributed by atoms with Crippen molar-refractivity contribution in [2.45, 2.75) is 75.9 Å². The van der Waals surface area contributed by atoms with Gasteiger partial charge in [-0.15, -0.1) is 0 Å². The SMILES string of the molecule is CCS(=O)(=O)c1ccc(Cl)cc1CNC(=O)c1cc(Cl)c(CCCCCCCCCN(C)C)c(C(F)(F)F)c1. The van der Waals surface area contributed by atoms with Gasteiger partial charge >= 0.3 is 6.18 Å². The van der Waals surface area contributed by atoms with Crippen LogP contribution in [0.25, 0.3) is 0 Å². The zero-order chi connectivity index (χ0) is 29.2. The number of unbranched alkanes of at least 4 members (excludes halogenated alkanes) is 6. The van der Waals surface area contributed by atoms with Crippen LogP contribution in [0.2, 0.25) is 10.0 Å². The molecule has 0 fully saturated rings. The fourth-order valence-corrected chi connectivity index (χ4v) is 5.94. The van der Waals surface area contributed by atoms with E-state index in [2.05, 4.69) is 10.2 Å². The lowest BCUT2D eigenvalue weighted by Gasteiger charge is -2.17. The first-order chi connectivity index (χ1) is 18.3. The molecule has 1 amide bonds. The van der Waals surface area contributed by atoms with Crippen LogP contribution in [0.1, 0.15) is 78.9 Å². The molecule has 11 heteroatoms. The molecule has 2 aromatic rings. The molecule has 0 radical (unpaired) electrons. The number of carbonyl (C=O) groups excluding carboxylic acids is 1. The first-order valence-corrected chi connectivity index (χ1v) is 15.5. The number of halogens is 5. The van der Waals surface area contributed by atoms with Gasteiger partial charge in [-0.2, -0.15) is 13.2 Å². The van der Waals surface area contributed by atoms with Crippen LogP contribution in [0.5, 0.6) is 0 Å². The number of benzene rings is 2. The Bertz CT molecular complexity index is 1220. The Morgan fingerprint density at radius 3 is 2.15 bits per heavy atom. The molecule has 39 heavy (non-hydrogen) atoms. The van der Waals surface area contributed by atoms with E-state index in [4.69, 9.17) is 23.2 Å². The lowest BCUT2D eigenvalue weighted by molar-refractivity contribution is -0.138. The molecule has 0 spiro atoms. The van der Waals surface area contributed by atoms with E-state index in [0.717, 1.165) is 51.1 Å². The molecule has 0 atom stereocenters. The van der Waals surface area contributed by atoms with E-state index >= 15 is 0 Å². The largest absolute Gasteiger partial charge is 0.416 e. The summed E-state index contributed by atoms with van der Waals surface area (Å²) in [5.74, 6) is -0.957. The minimum atomic E-state index is -4.68. The molecule has 0 unspecified atom stereocenters. The summed E-state index contributed by atoms with van der Waals surface area (Å²) in [4.78, 5) is 15.0. The Kier molecular flexibility index (Phi) is 13.1. The van der Waals surface area contributed by atoms with Gasteiger partial charge < -0.3 is 10.2 Å². The maximum absolute atomic E-state index is 13.9. The van der Waals surface area contributed by atoms with Gasteiger partial charge in [-0.25, -0.2) is 8.42 Å². The summed E-state index contributed by atoms with van der Waals surface area (Å²) in [6.45, 7) is 2.31. The first kappa shape index (κ1) is 33.4. The fourth-order valence-electron chi connectivity index (χ4n) is 4.31. The molecular weight excluding hydrogens is 572 g/mol. The average Bonchev–Trinajstić information content (AvgIpc) is 2.85. The minimum absolute atomic E-state index is 0.00706. The Labute approximate surface area is 240 Å². The van der Waals surface area contributed by atoms with Crippen molar-refractivity contribution >= 4 is 38.9 Å². The van der Waals surface area contributed by atoms with Gasteiger partial charge in [0.25, 0.3) is 5.91 Å². The smallest absolute Gasteiger partial charge is 0.348 e. The van der Waals surface area contributed by atoms with Gasteiger partial charge in [-0.05, 0) is 81.4 Å². The number of hydrogen-bond acceptors (Lipinski definition) is 4. The molecule has 0 aliphatic rings. The second kappa shape index (κ2) is 15.3. The predicted octanol–water partition coefficient (Wildman–Crippen LogP) is 7.57. The number of sulfone groups is 1.